The molecule has 1 aromatic carbocycles. The summed E-state index contributed by atoms with van der Waals surface area (Å²) in [5, 5.41) is 3.09. The third kappa shape index (κ3) is 3.93. The summed E-state index contributed by atoms with van der Waals surface area (Å²) in [5.74, 6) is 0. The molecule has 1 fully saturated rings. The van der Waals surface area contributed by atoms with Crippen molar-refractivity contribution in [3.63, 3.8) is 0 Å². The zero-order chi connectivity index (χ0) is 19.5. The van der Waals surface area contributed by atoms with Crippen LogP contribution < -0.4 is 10.2 Å². The normalized spacial score (nSPS) is 15.6. The molecule has 0 radical (unpaired) electrons. The fourth-order valence-corrected chi connectivity index (χ4v) is 3.47. The molecule has 2 aromatic heterocycles. The number of rotatable bonds is 4. The van der Waals surface area contributed by atoms with Crippen molar-refractivity contribution in [3.8, 4) is 0 Å². The Balaban J connectivity index is 1.30. The number of hydrogen-bond donors (Lipinski definition) is 1. The van der Waals surface area contributed by atoms with Gasteiger partial charge in [-0.2, -0.15) is 4.98 Å². The van der Waals surface area contributed by atoms with Crippen LogP contribution in [0, 0.1) is 6.92 Å². The second kappa shape index (κ2) is 7.88. The summed E-state index contributed by atoms with van der Waals surface area (Å²) < 4.78 is 5.83. The van der Waals surface area contributed by atoms with Crippen LogP contribution in [0.1, 0.15) is 18.2 Å². The lowest BCUT2D eigenvalue weighted by molar-refractivity contribution is 0.190. The van der Waals surface area contributed by atoms with E-state index in [9.17, 15) is 4.79 Å². The van der Waals surface area contributed by atoms with Crippen LogP contribution in [0.4, 0.5) is 10.8 Å². The predicted octanol–water partition coefficient (Wildman–Crippen LogP) is 2.99. The van der Waals surface area contributed by atoms with Gasteiger partial charge in [0.1, 0.15) is 5.52 Å². The lowest BCUT2D eigenvalue weighted by Gasteiger charge is -2.34. The molecular weight excluding hydrogens is 354 g/mol. The van der Waals surface area contributed by atoms with Crippen molar-refractivity contribution in [2.75, 3.05) is 31.1 Å². The molecule has 0 saturated carbocycles. The summed E-state index contributed by atoms with van der Waals surface area (Å²) in [6.45, 7) is 6.74. The van der Waals surface area contributed by atoms with Crippen LogP contribution in [0.3, 0.4) is 0 Å². The molecule has 1 N–H and O–H groups in total. The number of hydrogen-bond acceptors (Lipinski definition) is 5. The summed E-state index contributed by atoms with van der Waals surface area (Å²) >= 11 is 0. The van der Waals surface area contributed by atoms with Gasteiger partial charge in [-0.05, 0) is 37.6 Å². The minimum atomic E-state index is -0.0294. The Kier molecular flexibility index (Phi) is 5.14. The Hall–Kier alpha value is -3.09. The molecule has 28 heavy (non-hydrogen) atoms. The second-order valence-electron chi connectivity index (χ2n) is 7.26. The molecule has 7 heteroatoms. The van der Waals surface area contributed by atoms with E-state index in [2.05, 4.69) is 20.2 Å². The molecule has 1 aliphatic heterocycles. The first-order valence-corrected chi connectivity index (χ1v) is 9.66. The maximum atomic E-state index is 12.6. The number of carbonyl (C=O) groups excluding carboxylic acids is 1. The van der Waals surface area contributed by atoms with Crippen molar-refractivity contribution in [1.29, 1.82) is 0 Å². The van der Waals surface area contributed by atoms with Crippen molar-refractivity contribution in [2.24, 2.45) is 0 Å². The number of nitrogens with zero attached hydrogens (tertiary/aromatic N) is 4. The Morgan fingerprint density at radius 2 is 1.96 bits per heavy atom. The molecule has 1 aliphatic rings. The van der Waals surface area contributed by atoms with Crippen LogP contribution in [0.15, 0.2) is 47.0 Å². The monoisotopic (exact) mass is 379 g/mol. The number of oxazole rings is 1. The van der Waals surface area contributed by atoms with Crippen LogP contribution in [0.2, 0.25) is 0 Å². The molecule has 7 nitrogen and oxygen atoms in total. The lowest BCUT2D eigenvalue weighted by Crippen LogP contribution is -2.53. The molecule has 1 atom stereocenters. The highest BCUT2D eigenvalue weighted by atomic mass is 16.4. The Labute approximate surface area is 164 Å². The van der Waals surface area contributed by atoms with E-state index >= 15 is 0 Å². The maximum Gasteiger partial charge on any atom is 0.317 e. The molecule has 4 rings (SSSR count). The molecule has 0 aliphatic carbocycles. The molecule has 0 unspecified atom stereocenters. The summed E-state index contributed by atoms with van der Waals surface area (Å²) in [6, 6.07) is 12.3. The van der Waals surface area contributed by atoms with E-state index in [0.29, 0.717) is 32.2 Å². The fourth-order valence-electron chi connectivity index (χ4n) is 3.47. The zero-order valence-corrected chi connectivity index (χ0v) is 16.3. The van der Waals surface area contributed by atoms with Crippen molar-refractivity contribution >= 4 is 23.1 Å². The minimum Gasteiger partial charge on any atom is -0.423 e. The minimum absolute atomic E-state index is 0.0242. The number of benzene rings is 1. The van der Waals surface area contributed by atoms with E-state index in [1.165, 1.54) is 0 Å². The lowest BCUT2D eigenvalue weighted by atomic mass is 10.1. The van der Waals surface area contributed by atoms with Crippen LogP contribution in [-0.4, -0.2) is 53.1 Å². The Morgan fingerprint density at radius 1 is 1.18 bits per heavy atom. The Bertz CT molecular complexity index is 929. The number of amides is 2. The van der Waals surface area contributed by atoms with E-state index in [1.54, 1.807) is 6.20 Å². The zero-order valence-electron chi connectivity index (χ0n) is 16.3. The second-order valence-corrected chi connectivity index (χ2v) is 7.26. The van der Waals surface area contributed by atoms with Crippen molar-refractivity contribution in [1.82, 2.24) is 20.2 Å². The highest BCUT2D eigenvalue weighted by Crippen LogP contribution is 2.22. The first-order chi connectivity index (χ1) is 13.6. The molecule has 3 aromatic rings. The topological polar surface area (TPSA) is 74.5 Å². The van der Waals surface area contributed by atoms with Crippen molar-refractivity contribution in [2.45, 2.75) is 26.3 Å². The number of nitrogens with one attached hydrogen (secondary N) is 1. The highest BCUT2D eigenvalue weighted by molar-refractivity contribution is 5.75. The molecule has 0 spiro atoms. The van der Waals surface area contributed by atoms with Gasteiger partial charge in [0.2, 0.25) is 0 Å². The fraction of sp³-hybridized carbons (Fsp3) is 0.381. The number of pyridine rings is 1. The molecule has 0 bridgehead atoms. The number of carbonyl (C=O) groups is 1. The van der Waals surface area contributed by atoms with Gasteiger partial charge in [-0.25, -0.2) is 4.79 Å². The smallest absolute Gasteiger partial charge is 0.317 e. The van der Waals surface area contributed by atoms with Crippen LogP contribution in [0.25, 0.3) is 11.1 Å². The number of fused-ring (bicyclic) bond motifs is 1. The van der Waals surface area contributed by atoms with Gasteiger partial charge in [0.25, 0.3) is 6.01 Å². The average Bonchev–Trinajstić information content (AvgIpc) is 3.14. The van der Waals surface area contributed by atoms with Gasteiger partial charge < -0.3 is 19.5 Å². The third-order valence-electron chi connectivity index (χ3n) is 5.11. The largest absolute Gasteiger partial charge is 0.423 e. The first-order valence-electron chi connectivity index (χ1n) is 9.66. The first kappa shape index (κ1) is 18.3. The van der Waals surface area contributed by atoms with Gasteiger partial charge in [-0.1, -0.05) is 18.2 Å². The Morgan fingerprint density at radius 3 is 2.71 bits per heavy atom. The maximum absolute atomic E-state index is 12.6. The number of aromatic nitrogens is 2. The van der Waals surface area contributed by atoms with Gasteiger partial charge in [-0.3, -0.25) is 4.98 Å². The van der Waals surface area contributed by atoms with E-state index < -0.39 is 0 Å². The van der Waals surface area contributed by atoms with E-state index in [1.807, 2.05) is 55.1 Å². The number of piperazine rings is 1. The standard InChI is InChI=1S/C21H25N5O2/c1-15-6-5-9-22-18(15)14-16(2)23-20(27)25-10-12-26(13-11-25)21-24-17-7-3-4-8-19(17)28-21/h3-9,16H,10-14H2,1-2H3,(H,23,27)/t16-/m1/s1. The van der Waals surface area contributed by atoms with Crippen LogP contribution >= 0.6 is 0 Å². The quantitative estimate of drug-likeness (QED) is 0.754. The van der Waals surface area contributed by atoms with E-state index in [-0.39, 0.29) is 12.1 Å². The highest BCUT2D eigenvalue weighted by Gasteiger charge is 2.24. The van der Waals surface area contributed by atoms with E-state index in [0.717, 1.165) is 28.8 Å². The van der Waals surface area contributed by atoms with Crippen LogP contribution in [-0.2, 0) is 6.42 Å². The number of aryl methyl sites for hydroxylation is 1. The number of urea groups is 1. The van der Waals surface area contributed by atoms with Gasteiger partial charge in [0.05, 0.1) is 0 Å². The number of anilines is 1. The number of para-hydroxylation sites is 2. The average molecular weight is 379 g/mol. The van der Waals surface area contributed by atoms with Gasteiger partial charge in [0, 0.05) is 50.5 Å². The summed E-state index contributed by atoms with van der Waals surface area (Å²) in [7, 11) is 0. The van der Waals surface area contributed by atoms with Gasteiger partial charge in [0.15, 0.2) is 5.58 Å². The molecule has 2 amide bonds. The summed E-state index contributed by atoms with van der Waals surface area (Å²) in [4.78, 5) is 25.5. The third-order valence-corrected chi connectivity index (χ3v) is 5.11. The SMILES string of the molecule is Cc1cccnc1C[C@@H](C)NC(=O)N1CCN(c2nc3ccccc3o2)CC1. The molecular formula is C21H25N5O2. The van der Waals surface area contributed by atoms with Gasteiger partial charge >= 0.3 is 6.03 Å². The molecule has 3 heterocycles. The predicted molar refractivity (Wildman–Crippen MR) is 108 cm³/mol. The molecule has 1 saturated heterocycles. The van der Waals surface area contributed by atoms with E-state index in [4.69, 9.17) is 4.42 Å². The van der Waals surface area contributed by atoms with Gasteiger partial charge in [-0.15, -0.1) is 0 Å². The summed E-state index contributed by atoms with van der Waals surface area (Å²) in [5.41, 5.74) is 3.82. The molecule has 146 valence electrons. The van der Waals surface area contributed by atoms with Crippen LogP contribution in [0.5, 0.6) is 0 Å². The summed E-state index contributed by atoms with van der Waals surface area (Å²) in [6.07, 6.45) is 2.52. The van der Waals surface area contributed by atoms with Crippen molar-refractivity contribution in [3.05, 3.63) is 53.9 Å². The van der Waals surface area contributed by atoms with Crippen molar-refractivity contribution < 1.29 is 9.21 Å².